The summed E-state index contributed by atoms with van der Waals surface area (Å²) in [4.78, 5) is 0. The lowest BCUT2D eigenvalue weighted by molar-refractivity contribution is 0.282. The zero-order chi connectivity index (χ0) is 13.7. The minimum Gasteiger partial charge on any atom is -0.392 e. The van der Waals surface area contributed by atoms with Crippen LogP contribution in [0, 0.1) is 0 Å². The first-order valence-corrected chi connectivity index (χ1v) is 6.63. The number of nitrogens with one attached hydrogen (secondary N) is 1. The molecule has 0 aliphatic heterocycles. The Kier molecular flexibility index (Phi) is 4.71. The number of aliphatic hydroxyl groups is 1. The smallest absolute Gasteiger partial charge is 0.0681 e. The van der Waals surface area contributed by atoms with E-state index in [0.29, 0.717) is 0 Å². The van der Waals surface area contributed by atoms with Gasteiger partial charge < -0.3 is 10.4 Å². The van der Waals surface area contributed by atoms with Crippen LogP contribution in [-0.2, 0) is 33.2 Å². The topological polar surface area (TPSA) is 50.1 Å². The minimum atomic E-state index is 0.100. The Morgan fingerprint density at radius 1 is 1.16 bits per heavy atom. The standard InChI is InChI=1S/C15H21N3O/c1-3-15-14(10-18(2)17-15)9-16-8-12-4-6-13(11-19)7-5-12/h4-7,10,16,19H,3,8-9,11H2,1-2H3. The van der Waals surface area contributed by atoms with Crippen LogP contribution < -0.4 is 5.32 Å². The summed E-state index contributed by atoms with van der Waals surface area (Å²) in [6.45, 7) is 3.88. The van der Waals surface area contributed by atoms with Crippen LogP contribution in [0.5, 0.6) is 0 Å². The molecule has 0 spiro atoms. The molecule has 0 fully saturated rings. The van der Waals surface area contributed by atoms with Crippen molar-refractivity contribution in [3.05, 3.63) is 52.8 Å². The van der Waals surface area contributed by atoms with Crippen LogP contribution in [0.4, 0.5) is 0 Å². The Labute approximate surface area is 114 Å². The van der Waals surface area contributed by atoms with Crippen LogP contribution in [0.15, 0.2) is 30.5 Å². The summed E-state index contributed by atoms with van der Waals surface area (Å²) < 4.78 is 1.87. The lowest BCUT2D eigenvalue weighted by Crippen LogP contribution is -2.13. The molecule has 102 valence electrons. The third kappa shape index (κ3) is 3.66. The molecule has 0 aliphatic carbocycles. The number of aromatic nitrogens is 2. The van der Waals surface area contributed by atoms with E-state index in [9.17, 15) is 0 Å². The maximum absolute atomic E-state index is 8.99. The number of rotatable bonds is 6. The van der Waals surface area contributed by atoms with Gasteiger partial charge in [-0.05, 0) is 17.5 Å². The fraction of sp³-hybridized carbons (Fsp3) is 0.400. The maximum atomic E-state index is 8.99. The molecule has 0 saturated heterocycles. The monoisotopic (exact) mass is 259 g/mol. The molecule has 4 nitrogen and oxygen atoms in total. The van der Waals surface area contributed by atoms with Crippen molar-refractivity contribution < 1.29 is 5.11 Å². The molecule has 0 aliphatic rings. The normalized spacial score (nSPS) is 10.9. The predicted octanol–water partition coefficient (Wildman–Crippen LogP) is 1.76. The molecule has 19 heavy (non-hydrogen) atoms. The van der Waals surface area contributed by atoms with Gasteiger partial charge in [0.05, 0.1) is 12.3 Å². The Morgan fingerprint density at radius 3 is 2.47 bits per heavy atom. The van der Waals surface area contributed by atoms with E-state index in [1.807, 2.05) is 36.0 Å². The molecule has 2 N–H and O–H groups in total. The van der Waals surface area contributed by atoms with Gasteiger partial charge in [-0.2, -0.15) is 5.10 Å². The molecular formula is C15H21N3O. The molecule has 0 saturated carbocycles. The van der Waals surface area contributed by atoms with Gasteiger partial charge in [-0.15, -0.1) is 0 Å². The zero-order valence-electron chi connectivity index (χ0n) is 11.6. The zero-order valence-corrected chi connectivity index (χ0v) is 11.6. The average Bonchev–Trinajstić information content (AvgIpc) is 2.80. The highest BCUT2D eigenvalue weighted by Crippen LogP contribution is 2.08. The van der Waals surface area contributed by atoms with E-state index < -0.39 is 0 Å². The molecule has 2 aromatic rings. The fourth-order valence-corrected chi connectivity index (χ4v) is 2.13. The van der Waals surface area contributed by atoms with Crippen LogP contribution >= 0.6 is 0 Å². The molecule has 0 unspecified atom stereocenters. The average molecular weight is 259 g/mol. The van der Waals surface area contributed by atoms with Gasteiger partial charge >= 0.3 is 0 Å². The van der Waals surface area contributed by atoms with Gasteiger partial charge in [0.2, 0.25) is 0 Å². The summed E-state index contributed by atoms with van der Waals surface area (Å²) >= 11 is 0. The van der Waals surface area contributed by atoms with E-state index in [-0.39, 0.29) is 6.61 Å². The van der Waals surface area contributed by atoms with Crippen molar-refractivity contribution in [3.8, 4) is 0 Å². The van der Waals surface area contributed by atoms with Crippen LogP contribution in [0.2, 0.25) is 0 Å². The van der Waals surface area contributed by atoms with Gasteiger partial charge in [0.15, 0.2) is 0 Å². The van der Waals surface area contributed by atoms with Crippen LogP contribution in [0.3, 0.4) is 0 Å². The van der Waals surface area contributed by atoms with Crippen molar-refractivity contribution in [2.45, 2.75) is 33.0 Å². The van der Waals surface area contributed by atoms with E-state index >= 15 is 0 Å². The third-order valence-electron chi connectivity index (χ3n) is 3.18. The lowest BCUT2D eigenvalue weighted by atomic mass is 10.1. The first-order chi connectivity index (χ1) is 9.22. The van der Waals surface area contributed by atoms with E-state index in [0.717, 1.165) is 30.8 Å². The molecule has 0 amide bonds. The van der Waals surface area contributed by atoms with Gasteiger partial charge in [0.1, 0.15) is 0 Å². The summed E-state index contributed by atoms with van der Waals surface area (Å²) in [5.41, 5.74) is 4.59. The maximum Gasteiger partial charge on any atom is 0.0681 e. The van der Waals surface area contributed by atoms with E-state index in [4.69, 9.17) is 5.11 Å². The largest absolute Gasteiger partial charge is 0.392 e. The molecular weight excluding hydrogens is 238 g/mol. The SMILES string of the molecule is CCc1nn(C)cc1CNCc1ccc(CO)cc1. The van der Waals surface area contributed by atoms with Crippen LogP contribution in [-0.4, -0.2) is 14.9 Å². The van der Waals surface area contributed by atoms with Crippen LogP contribution in [0.25, 0.3) is 0 Å². The van der Waals surface area contributed by atoms with Crippen molar-refractivity contribution in [2.75, 3.05) is 0 Å². The second-order valence-corrected chi connectivity index (χ2v) is 4.71. The highest BCUT2D eigenvalue weighted by atomic mass is 16.3. The quantitative estimate of drug-likeness (QED) is 0.831. The molecule has 1 aromatic heterocycles. The molecule has 0 bridgehead atoms. The molecule has 1 heterocycles. The van der Waals surface area contributed by atoms with Gasteiger partial charge in [0, 0.05) is 31.9 Å². The molecule has 2 rings (SSSR count). The third-order valence-corrected chi connectivity index (χ3v) is 3.18. The predicted molar refractivity (Wildman–Crippen MR) is 75.5 cm³/mol. The summed E-state index contributed by atoms with van der Waals surface area (Å²) in [5, 5.41) is 16.8. The fourth-order valence-electron chi connectivity index (χ4n) is 2.13. The lowest BCUT2D eigenvalue weighted by Gasteiger charge is -2.05. The molecule has 1 aromatic carbocycles. The molecule has 4 heteroatoms. The number of hydrogen-bond acceptors (Lipinski definition) is 3. The van der Waals surface area contributed by atoms with Crippen molar-refractivity contribution >= 4 is 0 Å². The van der Waals surface area contributed by atoms with Crippen molar-refractivity contribution in [1.82, 2.24) is 15.1 Å². The summed E-state index contributed by atoms with van der Waals surface area (Å²) in [5.74, 6) is 0. The Hall–Kier alpha value is -1.65. The second-order valence-electron chi connectivity index (χ2n) is 4.71. The Morgan fingerprint density at radius 2 is 1.84 bits per heavy atom. The molecule has 0 radical (unpaired) electrons. The summed E-state index contributed by atoms with van der Waals surface area (Å²) in [7, 11) is 1.95. The van der Waals surface area contributed by atoms with Crippen molar-refractivity contribution in [2.24, 2.45) is 7.05 Å². The van der Waals surface area contributed by atoms with Gasteiger partial charge in [-0.25, -0.2) is 0 Å². The van der Waals surface area contributed by atoms with E-state index in [1.165, 1.54) is 11.1 Å². The number of aryl methyl sites for hydroxylation is 2. The van der Waals surface area contributed by atoms with Crippen molar-refractivity contribution in [3.63, 3.8) is 0 Å². The van der Waals surface area contributed by atoms with Crippen molar-refractivity contribution in [1.29, 1.82) is 0 Å². The van der Waals surface area contributed by atoms with Gasteiger partial charge in [0.25, 0.3) is 0 Å². The number of benzene rings is 1. The first-order valence-electron chi connectivity index (χ1n) is 6.63. The minimum absolute atomic E-state index is 0.100. The number of hydrogen-bond donors (Lipinski definition) is 2. The van der Waals surface area contributed by atoms with Gasteiger partial charge in [-0.1, -0.05) is 31.2 Å². The number of aliphatic hydroxyl groups excluding tert-OH is 1. The van der Waals surface area contributed by atoms with Gasteiger partial charge in [-0.3, -0.25) is 4.68 Å². The summed E-state index contributed by atoms with van der Waals surface area (Å²) in [6.07, 6.45) is 3.03. The van der Waals surface area contributed by atoms with E-state index in [1.54, 1.807) is 0 Å². The number of nitrogens with zero attached hydrogens (tertiary/aromatic N) is 2. The molecule has 0 atom stereocenters. The summed E-state index contributed by atoms with van der Waals surface area (Å²) in [6, 6.07) is 8.00. The first kappa shape index (κ1) is 13.8. The Bertz CT molecular complexity index is 517. The highest BCUT2D eigenvalue weighted by Gasteiger charge is 2.04. The highest BCUT2D eigenvalue weighted by molar-refractivity contribution is 5.22. The second kappa shape index (κ2) is 6.50. The van der Waals surface area contributed by atoms with E-state index in [2.05, 4.69) is 23.5 Å². The Balaban J connectivity index is 1.88. The van der Waals surface area contributed by atoms with Crippen LogP contribution in [0.1, 0.15) is 29.3 Å².